The fraction of sp³-hybridized carbons (Fsp3) is 0.636. The van der Waals surface area contributed by atoms with Crippen LogP contribution >= 0.6 is 0 Å². The molecule has 0 aliphatic heterocycles. The van der Waals surface area contributed by atoms with Crippen LogP contribution in [0.4, 0.5) is 0 Å². The third kappa shape index (κ3) is 6.55. The van der Waals surface area contributed by atoms with Crippen molar-refractivity contribution < 1.29 is 9.84 Å². The lowest BCUT2D eigenvalue weighted by Crippen LogP contribution is -2.19. The highest BCUT2D eigenvalue weighted by Gasteiger charge is 2.12. The number of ether oxygens (including phenoxy) is 1. The van der Waals surface area contributed by atoms with E-state index in [0.717, 1.165) is 6.42 Å². The monoisotopic (exact) mass is 184 g/mol. The zero-order valence-electron chi connectivity index (χ0n) is 8.84. The molecular formula is C11H20O2. The van der Waals surface area contributed by atoms with E-state index >= 15 is 0 Å². The van der Waals surface area contributed by atoms with Gasteiger partial charge in [0.2, 0.25) is 0 Å². The van der Waals surface area contributed by atoms with Gasteiger partial charge in [0.15, 0.2) is 0 Å². The van der Waals surface area contributed by atoms with E-state index in [1.807, 2.05) is 6.92 Å². The van der Waals surface area contributed by atoms with Crippen molar-refractivity contribution in [2.75, 3.05) is 13.7 Å². The summed E-state index contributed by atoms with van der Waals surface area (Å²) in [6.45, 7) is 8.02. The largest absolute Gasteiger partial charge is 0.386 e. The maximum absolute atomic E-state index is 9.59. The Morgan fingerprint density at radius 2 is 2.23 bits per heavy atom. The van der Waals surface area contributed by atoms with E-state index in [1.54, 1.807) is 20.1 Å². The van der Waals surface area contributed by atoms with Crippen molar-refractivity contribution in [3.8, 4) is 0 Å². The van der Waals surface area contributed by atoms with Gasteiger partial charge in [0.1, 0.15) is 0 Å². The first-order chi connectivity index (χ1) is 6.02. The van der Waals surface area contributed by atoms with Crippen molar-refractivity contribution in [2.45, 2.75) is 32.3 Å². The van der Waals surface area contributed by atoms with Crippen LogP contribution in [0.1, 0.15) is 26.7 Å². The Labute approximate surface area is 80.9 Å². The van der Waals surface area contributed by atoms with Gasteiger partial charge < -0.3 is 9.84 Å². The predicted octanol–water partition coefficient (Wildman–Crippen LogP) is 2.30. The Morgan fingerprint density at radius 3 is 2.69 bits per heavy atom. The first-order valence-electron chi connectivity index (χ1n) is 4.52. The van der Waals surface area contributed by atoms with Crippen molar-refractivity contribution in [3.05, 3.63) is 24.3 Å². The summed E-state index contributed by atoms with van der Waals surface area (Å²) in [6, 6.07) is 0. The molecule has 0 fully saturated rings. The lowest BCUT2D eigenvalue weighted by Gasteiger charge is -2.16. The van der Waals surface area contributed by atoms with Crippen molar-refractivity contribution in [1.29, 1.82) is 0 Å². The molecular weight excluding hydrogens is 164 g/mol. The van der Waals surface area contributed by atoms with Crippen LogP contribution in [0, 0.1) is 0 Å². The second-order valence-electron chi connectivity index (χ2n) is 3.58. The minimum absolute atomic E-state index is 0.663. The molecule has 0 aliphatic rings. The van der Waals surface area contributed by atoms with E-state index in [9.17, 15) is 5.11 Å². The molecule has 1 atom stereocenters. The second-order valence-corrected chi connectivity index (χ2v) is 3.58. The van der Waals surface area contributed by atoms with E-state index in [2.05, 4.69) is 12.7 Å². The van der Waals surface area contributed by atoms with Gasteiger partial charge in [0.25, 0.3) is 0 Å². The number of rotatable bonds is 6. The van der Waals surface area contributed by atoms with Crippen LogP contribution in [0.25, 0.3) is 0 Å². The van der Waals surface area contributed by atoms with Crippen LogP contribution in [0.3, 0.4) is 0 Å². The van der Waals surface area contributed by atoms with E-state index in [1.165, 1.54) is 5.57 Å². The molecule has 1 N–H and O–H groups in total. The molecule has 0 saturated carbocycles. The standard InChI is InChI=1S/C11H20O2/c1-5-11(3,12)8-6-7-10(2)9-13-4/h5,7,12H,1,6,8-9H2,2-4H3/b10-7+. The summed E-state index contributed by atoms with van der Waals surface area (Å²) < 4.78 is 4.96. The highest BCUT2D eigenvalue weighted by atomic mass is 16.5. The first kappa shape index (κ1) is 12.4. The Bertz CT molecular complexity index is 181. The van der Waals surface area contributed by atoms with Gasteiger partial charge >= 0.3 is 0 Å². The number of hydrogen-bond acceptors (Lipinski definition) is 2. The molecule has 0 saturated heterocycles. The van der Waals surface area contributed by atoms with Crippen LogP contribution in [-0.4, -0.2) is 24.4 Å². The minimum Gasteiger partial charge on any atom is -0.386 e. The summed E-state index contributed by atoms with van der Waals surface area (Å²) in [5.41, 5.74) is 0.450. The van der Waals surface area contributed by atoms with Crippen molar-refractivity contribution in [1.82, 2.24) is 0 Å². The molecule has 0 amide bonds. The number of hydrogen-bond donors (Lipinski definition) is 1. The van der Waals surface area contributed by atoms with Gasteiger partial charge in [0.05, 0.1) is 12.2 Å². The molecule has 2 heteroatoms. The van der Waals surface area contributed by atoms with Gasteiger partial charge in [-0.3, -0.25) is 0 Å². The molecule has 0 spiro atoms. The van der Waals surface area contributed by atoms with Gasteiger partial charge in [-0.1, -0.05) is 17.7 Å². The van der Waals surface area contributed by atoms with Gasteiger partial charge in [-0.05, 0) is 26.7 Å². The van der Waals surface area contributed by atoms with E-state index in [0.29, 0.717) is 13.0 Å². The first-order valence-corrected chi connectivity index (χ1v) is 4.52. The van der Waals surface area contributed by atoms with Crippen molar-refractivity contribution >= 4 is 0 Å². The lowest BCUT2D eigenvalue weighted by molar-refractivity contribution is 0.103. The summed E-state index contributed by atoms with van der Waals surface area (Å²) in [7, 11) is 1.68. The summed E-state index contributed by atoms with van der Waals surface area (Å²) in [6.07, 6.45) is 5.22. The normalized spacial score (nSPS) is 16.8. The highest BCUT2D eigenvalue weighted by Crippen LogP contribution is 2.13. The third-order valence-electron chi connectivity index (χ3n) is 1.96. The van der Waals surface area contributed by atoms with Crippen LogP contribution in [0.15, 0.2) is 24.3 Å². The molecule has 2 nitrogen and oxygen atoms in total. The maximum Gasteiger partial charge on any atom is 0.0800 e. The average Bonchev–Trinajstić information content (AvgIpc) is 2.05. The highest BCUT2D eigenvalue weighted by molar-refractivity contribution is 5.00. The Hall–Kier alpha value is -0.600. The van der Waals surface area contributed by atoms with Gasteiger partial charge in [-0.25, -0.2) is 0 Å². The molecule has 0 rings (SSSR count). The summed E-state index contributed by atoms with van der Waals surface area (Å²) in [5, 5.41) is 9.59. The van der Waals surface area contributed by atoms with E-state index in [4.69, 9.17) is 4.74 Å². The molecule has 13 heavy (non-hydrogen) atoms. The SMILES string of the molecule is C=CC(C)(O)CC/C=C(\C)COC. The van der Waals surface area contributed by atoms with Gasteiger partial charge in [-0.15, -0.1) is 6.58 Å². The van der Waals surface area contributed by atoms with Crippen molar-refractivity contribution in [2.24, 2.45) is 0 Å². The summed E-state index contributed by atoms with van der Waals surface area (Å²) in [4.78, 5) is 0. The van der Waals surface area contributed by atoms with E-state index in [-0.39, 0.29) is 0 Å². The number of allylic oxidation sites excluding steroid dienone is 1. The zero-order valence-corrected chi connectivity index (χ0v) is 8.84. The fourth-order valence-corrected chi connectivity index (χ4v) is 0.999. The molecule has 1 unspecified atom stereocenters. The zero-order chi connectivity index (χ0) is 10.3. The molecule has 0 radical (unpaired) electrons. The summed E-state index contributed by atoms with van der Waals surface area (Å²) >= 11 is 0. The number of aliphatic hydroxyl groups is 1. The fourth-order valence-electron chi connectivity index (χ4n) is 0.999. The Morgan fingerprint density at radius 1 is 1.62 bits per heavy atom. The molecule has 0 aliphatic carbocycles. The minimum atomic E-state index is -0.746. The average molecular weight is 184 g/mol. The molecule has 76 valence electrons. The Kier molecular flexibility index (Phi) is 5.67. The third-order valence-corrected chi connectivity index (χ3v) is 1.96. The van der Waals surface area contributed by atoms with Crippen LogP contribution in [-0.2, 0) is 4.74 Å². The molecule has 0 bridgehead atoms. The Balaban J connectivity index is 3.77. The van der Waals surface area contributed by atoms with Crippen LogP contribution < -0.4 is 0 Å². The number of methoxy groups -OCH3 is 1. The van der Waals surface area contributed by atoms with Crippen molar-refractivity contribution in [3.63, 3.8) is 0 Å². The molecule has 0 aromatic heterocycles. The van der Waals surface area contributed by atoms with Gasteiger partial charge in [-0.2, -0.15) is 0 Å². The molecule has 0 aromatic rings. The maximum atomic E-state index is 9.59. The van der Waals surface area contributed by atoms with E-state index < -0.39 is 5.60 Å². The van der Waals surface area contributed by atoms with Crippen LogP contribution in [0.5, 0.6) is 0 Å². The molecule has 0 heterocycles. The smallest absolute Gasteiger partial charge is 0.0800 e. The lowest BCUT2D eigenvalue weighted by atomic mass is 10.00. The van der Waals surface area contributed by atoms with Gasteiger partial charge in [0, 0.05) is 7.11 Å². The second kappa shape index (κ2) is 5.95. The predicted molar refractivity (Wildman–Crippen MR) is 55.7 cm³/mol. The summed E-state index contributed by atoms with van der Waals surface area (Å²) in [5.74, 6) is 0. The molecule has 0 aromatic carbocycles. The topological polar surface area (TPSA) is 29.5 Å². The quantitative estimate of drug-likeness (QED) is 0.642. The van der Waals surface area contributed by atoms with Crippen LogP contribution in [0.2, 0.25) is 0 Å².